The maximum atomic E-state index is 13.8. The highest BCUT2D eigenvalue weighted by atomic mass is 19.1. The van der Waals surface area contributed by atoms with Crippen molar-refractivity contribution in [1.29, 1.82) is 0 Å². The number of carbonyl (C=O) groups is 1. The number of halogens is 1. The minimum absolute atomic E-state index is 0.283. The van der Waals surface area contributed by atoms with E-state index in [0.29, 0.717) is 17.7 Å². The average Bonchev–Trinajstić information content (AvgIpc) is 2.28. The van der Waals surface area contributed by atoms with Crippen molar-refractivity contribution in [1.82, 2.24) is 0 Å². The summed E-state index contributed by atoms with van der Waals surface area (Å²) in [6.45, 7) is 5.52. The SMILES string of the molecule is CCOC(=O)C(C)(CC)c1ccc(N)cc1F. The van der Waals surface area contributed by atoms with Crippen molar-refractivity contribution in [3.05, 3.63) is 29.6 Å². The fourth-order valence-electron chi connectivity index (χ4n) is 1.71. The molecule has 0 bridgehead atoms. The maximum Gasteiger partial charge on any atom is 0.316 e. The summed E-state index contributed by atoms with van der Waals surface area (Å²) in [5.41, 5.74) is 5.19. The molecule has 0 aliphatic heterocycles. The third kappa shape index (κ3) is 2.57. The van der Waals surface area contributed by atoms with Gasteiger partial charge in [-0.15, -0.1) is 0 Å². The largest absolute Gasteiger partial charge is 0.465 e. The molecule has 0 saturated heterocycles. The van der Waals surface area contributed by atoms with Crippen LogP contribution in [0.5, 0.6) is 0 Å². The summed E-state index contributed by atoms with van der Waals surface area (Å²) in [7, 11) is 0. The summed E-state index contributed by atoms with van der Waals surface area (Å²) in [6, 6.07) is 4.36. The van der Waals surface area contributed by atoms with Crippen molar-refractivity contribution < 1.29 is 13.9 Å². The van der Waals surface area contributed by atoms with E-state index in [4.69, 9.17) is 10.5 Å². The molecule has 0 amide bonds. The number of anilines is 1. The molecule has 0 radical (unpaired) electrons. The Morgan fingerprint density at radius 3 is 2.59 bits per heavy atom. The highest BCUT2D eigenvalue weighted by molar-refractivity contribution is 5.83. The van der Waals surface area contributed by atoms with Crippen LogP contribution in [0.15, 0.2) is 18.2 Å². The van der Waals surface area contributed by atoms with Gasteiger partial charge in [-0.25, -0.2) is 4.39 Å². The van der Waals surface area contributed by atoms with Crippen LogP contribution in [0.3, 0.4) is 0 Å². The molecule has 3 nitrogen and oxygen atoms in total. The first kappa shape index (κ1) is 13.5. The predicted molar refractivity (Wildman–Crippen MR) is 65.1 cm³/mol. The molecule has 0 fully saturated rings. The van der Waals surface area contributed by atoms with Crippen molar-refractivity contribution in [2.75, 3.05) is 12.3 Å². The molecule has 17 heavy (non-hydrogen) atoms. The quantitative estimate of drug-likeness (QED) is 0.649. The van der Waals surface area contributed by atoms with Crippen LogP contribution in [0.25, 0.3) is 0 Å². The molecule has 94 valence electrons. The van der Waals surface area contributed by atoms with Gasteiger partial charge in [-0.3, -0.25) is 4.79 Å². The van der Waals surface area contributed by atoms with E-state index < -0.39 is 17.2 Å². The van der Waals surface area contributed by atoms with E-state index in [9.17, 15) is 9.18 Å². The van der Waals surface area contributed by atoms with Gasteiger partial charge in [0.05, 0.1) is 12.0 Å². The van der Waals surface area contributed by atoms with Gasteiger partial charge in [0.2, 0.25) is 0 Å². The zero-order valence-corrected chi connectivity index (χ0v) is 10.4. The third-order valence-electron chi connectivity index (χ3n) is 3.02. The Morgan fingerprint density at radius 2 is 2.12 bits per heavy atom. The van der Waals surface area contributed by atoms with Gasteiger partial charge < -0.3 is 10.5 Å². The fourth-order valence-corrected chi connectivity index (χ4v) is 1.71. The van der Waals surface area contributed by atoms with Crippen LogP contribution in [0, 0.1) is 5.82 Å². The van der Waals surface area contributed by atoms with Gasteiger partial charge in [-0.05, 0) is 32.4 Å². The van der Waals surface area contributed by atoms with E-state index in [0.717, 1.165) is 0 Å². The summed E-state index contributed by atoms with van der Waals surface area (Å²) in [5.74, 6) is -0.881. The molecule has 0 heterocycles. The monoisotopic (exact) mass is 239 g/mol. The van der Waals surface area contributed by atoms with E-state index in [-0.39, 0.29) is 6.61 Å². The number of ether oxygens (including phenoxy) is 1. The smallest absolute Gasteiger partial charge is 0.316 e. The molecule has 1 rings (SSSR count). The van der Waals surface area contributed by atoms with E-state index in [1.807, 2.05) is 6.92 Å². The minimum Gasteiger partial charge on any atom is -0.465 e. The molecule has 0 saturated carbocycles. The Balaban J connectivity index is 3.20. The van der Waals surface area contributed by atoms with Crippen LogP contribution in [-0.4, -0.2) is 12.6 Å². The molecular weight excluding hydrogens is 221 g/mol. The predicted octanol–water partition coefficient (Wildman–Crippen LogP) is 2.64. The molecule has 0 aliphatic rings. The summed E-state index contributed by atoms with van der Waals surface area (Å²) >= 11 is 0. The lowest BCUT2D eigenvalue weighted by molar-refractivity contribution is -0.149. The zero-order valence-electron chi connectivity index (χ0n) is 10.4. The number of rotatable bonds is 4. The Kier molecular flexibility index (Phi) is 4.10. The van der Waals surface area contributed by atoms with Gasteiger partial charge in [0, 0.05) is 11.3 Å². The topological polar surface area (TPSA) is 52.3 Å². The van der Waals surface area contributed by atoms with Gasteiger partial charge in [0.25, 0.3) is 0 Å². The van der Waals surface area contributed by atoms with E-state index >= 15 is 0 Å². The Morgan fingerprint density at radius 1 is 1.47 bits per heavy atom. The summed E-state index contributed by atoms with van der Waals surface area (Å²) in [5, 5.41) is 0. The molecule has 0 aliphatic carbocycles. The second-order valence-electron chi connectivity index (χ2n) is 4.15. The van der Waals surface area contributed by atoms with Gasteiger partial charge in [-0.1, -0.05) is 13.0 Å². The second kappa shape index (κ2) is 5.17. The van der Waals surface area contributed by atoms with Crippen LogP contribution in [0.1, 0.15) is 32.8 Å². The Labute approximate surface area is 101 Å². The molecule has 2 N–H and O–H groups in total. The highest BCUT2D eigenvalue weighted by Gasteiger charge is 2.37. The van der Waals surface area contributed by atoms with Crippen LogP contribution in [0.4, 0.5) is 10.1 Å². The lowest BCUT2D eigenvalue weighted by atomic mass is 9.79. The Bertz CT molecular complexity index is 420. The lowest BCUT2D eigenvalue weighted by Gasteiger charge is -2.26. The first-order chi connectivity index (χ1) is 7.95. The number of benzene rings is 1. The molecule has 0 spiro atoms. The van der Waals surface area contributed by atoms with Crippen LogP contribution < -0.4 is 5.73 Å². The normalized spacial score (nSPS) is 14.1. The maximum absolute atomic E-state index is 13.8. The standard InChI is InChI=1S/C13H18FNO2/c1-4-13(3,12(16)17-5-2)10-7-6-9(15)8-11(10)14/h6-8H,4-5,15H2,1-3H3. The molecule has 1 aromatic rings. The summed E-state index contributed by atoms with van der Waals surface area (Å²) in [4.78, 5) is 11.9. The second-order valence-corrected chi connectivity index (χ2v) is 4.15. The van der Waals surface area contributed by atoms with Gasteiger partial charge in [0.15, 0.2) is 0 Å². The number of nitrogen functional groups attached to an aromatic ring is 1. The van der Waals surface area contributed by atoms with E-state index in [1.165, 1.54) is 6.07 Å². The van der Waals surface area contributed by atoms with Crippen molar-refractivity contribution >= 4 is 11.7 Å². The average molecular weight is 239 g/mol. The fraction of sp³-hybridized carbons (Fsp3) is 0.462. The van der Waals surface area contributed by atoms with Crippen LogP contribution in [-0.2, 0) is 14.9 Å². The summed E-state index contributed by atoms with van der Waals surface area (Å²) in [6.07, 6.45) is 0.465. The van der Waals surface area contributed by atoms with Crippen LogP contribution >= 0.6 is 0 Å². The lowest BCUT2D eigenvalue weighted by Crippen LogP contribution is -2.34. The molecular formula is C13H18FNO2. The van der Waals surface area contributed by atoms with E-state index in [2.05, 4.69) is 0 Å². The zero-order chi connectivity index (χ0) is 13.1. The van der Waals surface area contributed by atoms with Crippen LogP contribution in [0.2, 0.25) is 0 Å². The number of hydrogen-bond acceptors (Lipinski definition) is 3. The molecule has 0 aromatic heterocycles. The number of nitrogens with two attached hydrogens (primary N) is 1. The van der Waals surface area contributed by atoms with Crippen molar-refractivity contribution in [2.24, 2.45) is 0 Å². The highest BCUT2D eigenvalue weighted by Crippen LogP contribution is 2.31. The number of esters is 1. The van der Waals surface area contributed by atoms with Gasteiger partial charge >= 0.3 is 5.97 Å². The number of carbonyl (C=O) groups excluding carboxylic acids is 1. The first-order valence-corrected chi connectivity index (χ1v) is 5.68. The number of hydrogen-bond donors (Lipinski definition) is 1. The molecule has 1 aromatic carbocycles. The molecule has 1 unspecified atom stereocenters. The van der Waals surface area contributed by atoms with Gasteiger partial charge in [0.1, 0.15) is 5.82 Å². The first-order valence-electron chi connectivity index (χ1n) is 5.68. The van der Waals surface area contributed by atoms with Crippen molar-refractivity contribution in [3.8, 4) is 0 Å². The summed E-state index contributed by atoms with van der Waals surface area (Å²) < 4.78 is 18.8. The molecule has 1 atom stereocenters. The third-order valence-corrected chi connectivity index (χ3v) is 3.02. The van der Waals surface area contributed by atoms with Crippen molar-refractivity contribution in [2.45, 2.75) is 32.6 Å². The van der Waals surface area contributed by atoms with Gasteiger partial charge in [-0.2, -0.15) is 0 Å². The Hall–Kier alpha value is -1.58. The van der Waals surface area contributed by atoms with E-state index in [1.54, 1.807) is 26.0 Å². The minimum atomic E-state index is -0.964. The van der Waals surface area contributed by atoms with Crippen molar-refractivity contribution in [3.63, 3.8) is 0 Å². The molecule has 4 heteroatoms.